The van der Waals surface area contributed by atoms with Crippen LogP contribution >= 0.6 is 7.82 Å². The van der Waals surface area contributed by atoms with Gasteiger partial charge in [-0.1, -0.05) is 372 Å². The van der Waals surface area contributed by atoms with E-state index in [1.807, 2.05) is 21.1 Å². The number of allylic oxidation sites excluding steroid dienone is 24. The molecule has 0 aliphatic rings. The van der Waals surface area contributed by atoms with Crippen molar-refractivity contribution >= 4 is 19.8 Å². The van der Waals surface area contributed by atoms with Gasteiger partial charge in [0.15, 0.2) is 6.10 Å². The number of phosphoric acid groups is 1. The third-order valence-electron chi connectivity index (χ3n) is 17.9. The summed E-state index contributed by atoms with van der Waals surface area (Å²) in [5.41, 5.74) is 0. The number of hydrogen-bond donors (Lipinski definition) is 1. The van der Waals surface area contributed by atoms with Gasteiger partial charge in [-0.05, 0) is 122 Å². The zero-order valence-electron chi connectivity index (χ0n) is 65.6. The van der Waals surface area contributed by atoms with Crippen molar-refractivity contribution in [1.82, 2.24) is 0 Å². The van der Waals surface area contributed by atoms with E-state index in [2.05, 4.69) is 160 Å². The highest BCUT2D eigenvalue weighted by Crippen LogP contribution is 2.43. The number of carbonyl (C=O) groups is 2. The summed E-state index contributed by atoms with van der Waals surface area (Å²) in [5.74, 6) is -0.793. The van der Waals surface area contributed by atoms with Gasteiger partial charge in [-0.25, -0.2) is 4.57 Å². The lowest BCUT2D eigenvalue weighted by molar-refractivity contribution is -0.870. The molecular weight excluding hydrogens is 1250 g/mol. The number of ether oxygens (including phenoxy) is 2. The fourth-order valence-electron chi connectivity index (χ4n) is 11.5. The van der Waals surface area contributed by atoms with E-state index in [9.17, 15) is 19.0 Å². The molecule has 0 radical (unpaired) electrons. The molecule has 0 amide bonds. The van der Waals surface area contributed by atoms with Crippen molar-refractivity contribution in [2.45, 2.75) is 367 Å². The maximum absolute atomic E-state index is 12.9. The van der Waals surface area contributed by atoms with Crippen LogP contribution in [0.4, 0.5) is 0 Å². The average Bonchev–Trinajstić information content (AvgIpc) is 1.07. The third-order valence-corrected chi connectivity index (χ3v) is 18.8. The van der Waals surface area contributed by atoms with Gasteiger partial charge in [-0.15, -0.1) is 0 Å². The first-order chi connectivity index (χ1) is 49.0. The quantitative estimate of drug-likeness (QED) is 0.0211. The van der Waals surface area contributed by atoms with E-state index in [1.54, 1.807) is 0 Å². The van der Waals surface area contributed by atoms with Crippen LogP contribution in [0.2, 0.25) is 0 Å². The predicted octanol–water partition coefficient (Wildman–Crippen LogP) is 28.1. The number of carbonyl (C=O) groups excluding carboxylic acids is 2. The molecule has 2 atom stereocenters. The largest absolute Gasteiger partial charge is 0.472 e. The lowest BCUT2D eigenvalue weighted by Crippen LogP contribution is -2.37. The molecule has 100 heavy (non-hydrogen) atoms. The van der Waals surface area contributed by atoms with E-state index in [0.29, 0.717) is 17.4 Å². The monoisotopic (exact) mass is 1410 g/mol. The normalized spacial score (nSPS) is 13.8. The third kappa shape index (κ3) is 82.8. The maximum atomic E-state index is 12.9. The summed E-state index contributed by atoms with van der Waals surface area (Å²) in [6.07, 6.45) is 117. The summed E-state index contributed by atoms with van der Waals surface area (Å²) in [7, 11) is 1.47. The molecule has 2 unspecified atom stereocenters. The summed E-state index contributed by atoms with van der Waals surface area (Å²) in [5, 5.41) is 0. The molecule has 0 saturated heterocycles. The molecule has 0 aliphatic heterocycles. The summed E-state index contributed by atoms with van der Waals surface area (Å²) in [6, 6.07) is 0. The molecule has 574 valence electrons. The van der Waals surface area contributed by atoms with Gasteiger partial charge in [0.25, 0.3) is 0 Å². The Morgan fingerprint density at radius 3 is 0.850 bits per heavy atom. The van der Waals surface area contributed by atoms with Gasteiger partial charge in [0.1, 0.15) is 19.8 Å². The van der Waals surface area contributed by atoms with Gasteiger partial charge in [0.2, 0.25) is 0 Å². The van der Waals surface area contributed by atoms with Crippen molar-refractivity contribution in [1.29, 1.82) is 0 Å². The minimum absolute atomic E-state index is 0.0269. The molecule has 0 saturated carbocycles. The van der Waals surface area contributed by atoms with E-state index < -0.39 is 26.5 Å². The predicted molar refractivity (Wildman–Crippen MR) is 436 cm³/mol. The maximum Gasteiger partial charge on any atom is 0.472 e. The number of esters is 2. The van der Waals surface area contributed by atoms with Crippen molar-refractivity contribution in [2.75, 3.05) is 47.5 Å². The average molecular weight is 1410 g/mol. The van der Waals surface area contributed by atoms with Gasteiger partial charge in [-0.2, -0.15) is 0 Å². The van der Waals surface area contributed by atoms with E-state index in [1.165, 1.54) is 212 Å². The number of unbranched alkanes of at least 4 members (excludes halogenated alkanes) is 38. The van der Waals surface area contributed by atoms with E-state index in [0.717, 1.165) is 116 Å². The Balaban J connectivity index is 3.99. The van der Waals surface area contributed by atoms with Gasteiger partial charge in [0, 0.05) is 12.8 Å². The number of rotatable bonds is 76. The zero-order valence-corrected chi connectivity index (χ0v) is 66.5. The molecule has 0 spiro atoms. The van der Waals surface area contributed by atoms with Crippen LogP contribution in [0.5, 0.6) is 0 Å². The van der Waals surface area contributed by atoms with Gasteiger partial charge >= 0.3 is 19.8 Å². The number of likely N-dealkylation sites (N-methyl/N-ethyl adjacent to an activating group) is 1. The topological polar surface area (TPSA) is 108 Å². The smallest absolute Gasteiger partial charge is 0.462 e. The molecule has 0 heterocycles. The van der Waals surface area contributed by atoms with Crippen molar-refractivity contribution < 1.29 is 42.1 Å². The Hall–Kier alpha value is -4.11. The van der Waals surface area contributed by atoms with E-state index >= 15 is 0 Å². The van der Waals surface area contributed by atoms with Crippen LogP contribution in [-0.2, 0) is 32.7 Å². The minimum atomic E-state index is -4.40. The second kappa shape index (κ2) is 79.0. The number of hydrogen-bond acceptors (Lipinski definition) is 7. The molecule has 1 N–H and O–H groups in total. The molecular formula is C90H157NO8P+. The molecule has 0 aromatic rings. The van der Waals surface area contributed by atoms with E-state index in [4.69, 9.17) is 18.5 Å². The lowest BCUT2D eigenvalue weighted by atomic mass is 10.0. The Kier molecular flexibility index (Phi) is 75.8. The molecule has 0 fully saturated rings. The molecule has 0 aliphatic carbocycles. The summed E-state index contributed by atoms with van der Waals surface area (Å²) in [6.45, 7) is 4.33. The van der Waals surface area contributed by atoms with Gasteiger partial charge < -0.3 is 18.9 Å². The number of nitrogens with zero attached hydrogens (tertiary/aromatic N) is 1. The summed E-state index contributed by atoms with van der Waals surface area (Å²) >= 11 is 0. The van der Waals surface area contributed by atoms with Crippen molar-refractivity contribution in [3.63, 3.8) is 0 Å². The molecule has 0 aromatic carbocycles. The fourth-order valence-corrected chi connectivity index (χ4v) is 12.3. The Bertz CT molecular complexity index is 2210. The summed E-state index contributed by atoms with van der Waals surface area (Å²) < 4.78 is 34.8. The summed E-state index contributed by atoms with van der Waals surface area (Å²) in [4.78, 5) is 36.0. The molecule has 10 heteroatoms. The molecule has 0 rings (SSSR count). The van der Waals surface area contributed by atoms with Crippen LogP contribution < -0.4 is 0 Å². The van der Waals surface area contributed by atoms with Crippen LogP contribution in [0.25, 0.3) is 0 Å². The minimum Gasteiger partial charge on any atom is -0.462 e. The fraction of sp³-hybridized carbons (Fsp3) is 0.711. The Morgan fingerprint density at radius 1 is 0.320 bits per heavy atom. The van der Waals surface area contributed by atoms with Gasteiger partial charge in [0.05, 0.1) is 27.7 Å². The Morgan fingerprint density at radius 2 is 0.570 bits per heavy atom. The zero-order chi connectivity index (χ0) is 72.5. The highest BCUT2D eigenvalue weighted by Gasteiger charge is 2.27. The second-order valence-corrected chi connectivity index (χ2v) is 30.2. The standard InChI is InChI=1S/C90H156NO8P/c1-6-8-10-12-14-16-18-20-22-24-26-28-30-32-34-36-38-40-42-44-45-47-49-51-53-55-57-59-61-63-65-67-69-71-73-75-77-79-81-83-90(93)99-88(87-98-100(94,95)97-85-84-91(3,4)5)86-96-89(92)82-80-78-76-74-72-70-68-66-64-62-60-58-56-54-52-50-48-46-43-41-39-37-35-33-31-29-27-25-23-21-19-17-15-13-11-9-7-2/h8,10,14,16,19-22,25-28,31-34,38,40,44-45,49,51,55,57,88H,6-7,9,11-13,15,17-18,23-24,29-30,35-37,39,41-43,46-48,50,52-54,56,58-87H2,1-5H3/p+1/b10-8-,16-14-,21-19-,22-20-,27-25-,28-26-,33-31-,34-32-,40-38-,45-44-,51-49-,57-55-. The highest BCUT2D eigenvalue weighted by molar-refractivity contribution is 7.47. The van der Waals surface area contributed by atoms with Gasteiger partial charge in [-0.3, -0.25) is 18.6 Å². The van der Waals surface area contributed by atoms with Crippen LogP contribution in [0.3, 0.4) is 0 Å². The first-order valence-electron chi connectivity index (χ1n) is 41.6. The SMILES string of the molecule is CC/C=C\C/C=C\C/C=C\C/C=C\C/C=C\C/C=C\C/C=C\C/C=C\C/C=C\CCCCCCCCCCCCCC(=O)OC(COC(=O)CCCCCCCCCCCCCCCCCCCCCCCC/C=C\C/C=C\C/C=C\CCCCCCC)COP(=O)(O)OCC[N+](C)(C)C. The highest BCUT2D eigenvalue weighted by atomic mass is 31.2. The molecule has 9 nitrogen and oxygen atoms in total. The molecule has 0 bridgehead atoms. The molecule has 0 aromatic heterocycles. The first kappa shape index (κ1) is 95.9. The number of phosphoric ester groups is 1. The van der Waals surface area contributed by atoms with Crippen LogP contribution in [-0.4, -0.2) is 74.9 Å². The second-order valence-electron chi connectivity index (χ2n) is 28.8. The van der Waals surface area contributed by atoms with Crippen molar-refractivity contribution in [3.8, 4) is 0 Å². The van der Waals surface area contributed by atoms with E-state index in [-0.39, 0.29) is 32.0 Å². The van der Waals surface area contributed by atoms with Crippen molar-refractivity contribution in [2.24, 2.45) is 0 Å². The number of quaternary nitrogens is 1. The van der Waals surface area contributed by atoms with Crippen LogP contribution in [0, 0.1) is 0 Å². The van der Waals surface area contributed by atoms with Crippen LogP contribution in [0.15, 0.2) is 146 Å². The van der Waals surface area contributed by atoms with Crippen LogP contribution in [0.1, 0.15) is 361 Å². The Labute approximate surface area is 618 Å². The first-order valence-corrected chi connectivity index (χ1v) is 43.1. The lowest BCUT2D eigenvalue weighted by Gasteiger charge is -2.24. The van der Waals surface area contributed by atoms with Crippen molar-refractivity contribution in [3.05, 3.63) is 146 Å².